The summed E-state index contributed by atoms with van der Waals surface area (Å²) in [5, 5.41) is 3.52. The second-order valence-corrected chi connectivity index (χ2v) is 8.48. The Labute approximate surface area is 196 Å². The Bertz CT molecular complexity index is 822. The molecule has 0 bridgehead atoms. The quantitative estimate of drug-likeness (QED) is 0.538. The first-order valence-electron chi connectivity index (χ1n) is 11.3. The van der Waals surface area contributed by atoms with E-state index in [0.717, 1.165) is 48.7 Å². The van der Waals surface area contributed by atoms with E-state index in [4.69, 9.17) is 23.9 Å². The van der Waals surface area contributed by atoms with Crippen molar-refractivity contribution in [2.24, 2.45) is 5.92 Å². The second kappa shape index (κ2) is 12.2. The number of hydrogen-bond acceptors (Lipinski definition) is 7. The lowest BCUT2D eigenvalue weighted by molar-refractivity contribution is 0.138. The summed E-state index contributed by atoms with van der Waals surface area (Å²) < 4.78 is 22.4. The summed E-state index contributed by atoms with van der Waals surface area (Å²) in [6, 6.07) is 8.34. The Morgan fingerprint density at radius 3 is 2.53 bits per heavy atom. The van der Waals surface area contributed by atoms with Crippen molar-refractivity contribution >= 4 is 18.4 Å². The third kappa shape index (κ3) is 6.70. The van der Waals surface area contributed by atoms with E-state index in [0.29, 0.717) is 37.7 Å². The number of halogens is 1. The van der Waals surface area contributed by atoms with E-state index >= 15 is 0 Å². The van der Waals surface area contributed by atoms with E-state index in [1.807, 2.05) is 30.5 Å². The van der Waals surface area contributed by atoms with Crippen molar-refractivity contribution in [1.29, 1.82) is 0 Å². The van der Waals surface area contributed by atoms with Gasteiger partial charge in [-0.3, -0.25) is 0 Å². The molecule has 0 unspecified atom stereocenters. The maximum atomic E-state index is 6.25. The predicted octanol–water partition coefficient (Wildman–Crippen LogP) is 4.75. The molecular formula is C24H34ClN3O4. The Morgan fingerprint density at radius 1 is 1.06 bits per heavy atom. The molecule has 1 aromatic heterocycles. The van der Waals surface area contributed by atoms with Gasteiger partial charge < -0.3 is 24.3 Å². The lowest BCUT2D eigenvalue weighted by Gasteiger charge is -2.27. The molecule has 1 aliphatic heterocycles. The molecule has 0 spiro atoms. The molecule has 4 rings (SSSR count). The normalized spacial score (nSPS) is 22.8. The highest BCUT2D eigenvalue weighted by atomic mass is 35.5. The molecule has 2 aromatic rings. The van der Waals surface area contributed by atoms with Gasteiger partial charge >= 0.3 is 0 Å². The molecule has 0 amide bonds. The second-order valence-electron chi connectivity index (χ2n) is 8.48. The summed E-state index contributed by atoms with van der Waals surface area (Å²) in [5.41, 5.74) is 1.87. The fourth-order valence-corrected chi connectivity index (χ4v) is 4.05. The summed E-state index contributed by atoms with van der Waals surface area (Å²) in [7, 11) is 1.66. The number of benzene rings is 1. The van der Waals surface area contributed by atoms with Crippen molar-refractivity contribution in [3.8, 4) is 22.8 Å². The van der Waals surface area contributed by atoms with Gasteiger partial charge in [-0.15, -0.1) is 12.4 Å². The molecule has 2 heterocycles. The minimum Gasteiger partial charge on any atom is -0.491 e. The molecule has 1 aromatic carbocycles. The van der Waals surface area contributed by atoms with E-state index in [1.165, 1.54) is 12.8 Å². The third-order valence-electron chi connectivity index (χ3n) is 5.99. The number of anilines is 1. The van der Waals surface area contributed by atoms with Crippen LogP contribution < -0.4 is 14.8 Å². The molecule has 1 saturated heterocycles. The standard InChI is InChI=1S/C24H33N3O4.ClH/c1-17-3-7-19(8-4-17)26-24-25-15-22(23(27-24)31-21-11-12-29-16-21)18-5-9-20(10-6-18)30-14-13-28-2;/h5-6,9-10,15,17,19,21H,3-4,7-8,11-14,16H2,1-2H3,(H,25,26,27);1H/t17?,19?,21-;/m1./s1. The SMILES string of the molecule is COCCOc1ccc(-c2cnc(NC3CCC(C)CC3)nc2O[C@@H]2CCOC2)cc1.Cl. The van der Waals surface area contributed by atoms with E-state index in [2.05, 4.69) is 17.2 Å². The number of rotatable bonds is 9. The Kier molecular flexibility index (Phi) is 9.38. The number of ether oxygens (including phenoxy) is 4. The van der Waals surface area contributed by atoms with Crippen LogP contribution in [0.4, 0.5) is 5.95 Å². The number of aromatic nitrogens is 2. The maximum Gasteiger partial charge on any atom is 0.226 e. The zero-order chi connectivity index (χ0) is 21.5. The molecule has 0 radical (unpaired) electrons. The molecule has 1 N–H and O–H groups in total. The molecule has 2 fully saturated rings. The summed E-state index contributed by atoms with van der Waals surface area (Å²) >= 11 is 0. The smallest absolute Gasteiger partial charge is 0.226 e. The molecular weight excluding hydrogens is 430 g/mol. The monoisotopic (exact) mass is 463 g/mol. The van der Waals surface area contributed by atoms with Gasteiger partial charge in [0.25, 0.3) is 0 Å². The number of hydrogen-bond donors (Lipinski definition) is 1. The van der Waals surface area contributed by atoms with E-state index in [-0.39, 0.29) is 18.5 Å². The maximum absolute atomic E-state index is 6.25. The Balaban J connectivity index is 0.00000289. The van der Waals surface area contributed by atoms with Crippen molar-refractivity contribution in [2.45, 2.75) is 51.2 Å². The van der Waals surface area contributed by atoms with Crippen LogP contribution in [-0.4, -0.2) is 55.7 Å². The van der Waals surface area contributed by atoms with Gasteiger partial charge in [0.05, 0.1) is 25.4 Å². The van der Waals surface area contributed by atoms with Crippen LogP contribution in [0.3, 0.4) is 0 Å². The average Bonchev–Trinajstić information content (AvgIpc) is 3.30. The highest BCUT2D eigenvalue weighted by Gasteiger charge is 2.23. The Morgan fingerprint density at radius 2 is 1.84 bits per heavy atom. The molecule has 1 aliphatic carbocycles. The highest BCUT2D eigenvalue weighted by molar-refractivity contribution is 5.85. The fraction of sp³-hybridized carbons (Fsp3) is 0.583. The van der Waals surface area contributed by atoms with Gasteiger partial charge in [0.2, 0.25) is 11.8 Å². The van der Waals surface area contributed by atoms with Crippen molar-refractivity contribution in [1.82, 2.24) is 9.97 Å². The van der Waals surface area contributed by atoms with Gasteiger partial charge in [-0.25, -0.2) is 4.98 Å². The highest BCUT2D eigenvalue weighted by Crippen LogP contribution is 2.32. The lowest BCUT2D eigenvalue weighted by Crippen LogP contribution is -2.26. The van der Waals surface area contributed by atoms with Gasteiger partial charge in [0, 0.05) is 25.8 Å². The van der Waals surface area contributed by atoms with Gasteiger partial charge in [0.15, 0.2) is 0 Å². The fourth-order valence-electron chi connectivity index (χ4n) is 4.05. The predicted molar refractivity (Wildman–Crippen MR) is 127 cm³/mol. The first-order valence-corrected chi connectivity index (χ1v) is 11.3. The van der Waals surface area contributed by atoms with Crippen LogP contribution in [0, 0.1) is 5.92 Å². The summed E-state index contributed by atoms with van der Waals surface area (Å²) in [4.78, 5) is 9.37. The van der Waals surface area contributed by atoms with Gasteiger partial charge in [-0.2, -0.15) is 4.98 Å². The van der Waals surface area contributed by atoms with Crippen LogP contribution in [0.25, 0.3) is 11.1 Å². The van der Waals surface area contributed by atoms with Crippen LogP contribution in [0.5, 0.6) is 11.6 Å². The molecule has 2 aliphatic rings. The minimum absolute atomic E-state index is 0. The van der Waals surface area contributed by atoms with Crippen molar-refractivity contribution < 1.29 is 18.9 Å². The van der Waals surface area contributed by atoms with Crippen LogP contribution >= 0.6 is 12.4 Å². The molecule has 1 saturated carbocycles. The minimum atomic E-state index is 0. The van der Waals surface area contributed by atoms with E-state index < -0.39 is 0 Å². The average molecular weight is 464 g/mol. The van der Waals surface area contributed by atoms with Crippen molar-refractivity contribution in [2.75, 3.05) is 38.9 Å². The summed E-state index contributed by atoms with van der Waals surface area (Å²) in [6.07, 6.45) is 7.56. The van der Waals surface area contributed by atoms with Crippen LogP contribution in [0.1, 0.15) is 39.0 Å². The van der Waals surface area contributed by atoms with Crippen LogP contribution in [-0.2, 0) is 9.47 Å². The summed E-state index contributed by atoms with van der Waals surface area (Å²) in [6.45, 7) is 4.73. The molecule has 32 heavy (non-hydrogen) atoms. The van der Waals surface area contributed by atoms with Gasteiger partial charge in [0.1, 0.15) is 18.5 Å². The van der Waals surface area contributed by atoms with Crippen LogP contribution in [0.2, 0.25) is 0 Å². The lowest BCUT2D eigenvalue weighted by atomic mass is 9.87. The number of nitrogens with zero attached hydrogens (tertiary/aromatic N) is 2. The third-order valence-corrected chi connectivity index (χ3v) is 5.99. The molecule has 176 valence electrons. The van der Waals surface area contributed by atoms with Gasteiger partial charge in [-0.1, -0.05) is 19.1 Å². The number of nitrogens with one attached hydrogen (secondary N) is 1. The topological polar surface area (TPSA) is 74.7 Å². The van der Waals surface area contributed by atoms with Gasteiger partial charge in [-0.05, 0) is 49.3 Å². The van der Waals surface area contributed by atoms with Crippen LogP contribution in [0.15, 0.2) is 30.5 Å². The molecule has 7 nitrogen and oxygen atoms in total. The van der Waals surface area contributed by atoms with Crippen molar-refractivity contribution in [3.63, 3.8) is 0 Å². The summed E-state index contributed by atoms with van der Waals surface area (Å²) in [5.74, 6) is 2.85. The zero-order valence-electron chi connectivity index (χ0n) is 18.9. The first kappa shape index (κ1) is 24.6. The largest absolute Gasteiger partial charge is 0.491 e. The number of methoxy groups -OCH3 is 1. The van der Waals surface area contributed by atoms with E-state index in [1.54, 1.807) is 7.11 Å². The van der Waals surface area contributed by atoms with Crippen molar-refractivity contribution in [3.05, 3.63) is 30.5 Å². The Hall–Kier alpha value is -2.09. The zero-order valence-corrected chi connectivity index (χ0v) is 19.7. The van der Waals surface area contributed by atoms with E-state index in [9.17, 15) is 0 Å². The molecule has 1 atom stereocenters. The molecule has 8 heteroatoms. The first-order chi connectivity index (χ1) is 15.2.